The minimum atomic E-state index is -0.312. The zero-order valence-electron chi connectivity index (χ0n) is 14.9. The second kappa shape index (κ2) is 7.11. The van der Waals surface area contributed by atoms with Crippen LogP contribution in [0.15, 0.2) is 71.3 Å². The van der Waals surface area contributed by atoms with Gasteiger partial charge in [-0.2, -0.15) is 5.10 Å². The molecule has 1 aliphatic rings. The Kier molecular flexibility index (Phi) is 4.50. The topological polar surface area (TPSA) is 54.4 Å². The molecule has 1 heterocycles. The highest BCUT2D eigenvalue weighted by atomic mass is 19.1. The Bertz CT molecular complexity index is 1080. The quantitative estimate of drug-likeness (QED) is 0.679. The number of nitrogens with zero attached hydrogens (tertiary/aromatic N) is 2. The van der Waals surface area contributed by atoms with Gasteiger partial charge in [0.15, 0.2) is 0 Å². The van der Waals surface area contributed by atoms with Crippen molar-refractivity contribution in [1.29, 1.82) is 0 Å². The van der Waals surface area contributed by atoms with E-state index in [4.69, 9.17) is 0 Å². The lowest BCUT2D eigenvalue weighted by Crippen LogP contribution is -2.19. The van der Waals surface area contributed by atoms with Crippen LogP contribution in [-0.2, 0) is 0 Å². The summed E-state index contributed by atoms with van der Waals surface area (Å²) >= 11 is 0. The van der Waals surface area contributed by atoms with Gasteiger partial charge in [-0.1, -0.05) is 23.8 Å². The van der Waals surface area contributed by atoms with Crippen LogP contribution < -0.4 is 5.43 Å². The fourth-order valence-corrected chi connectivity index (χ4v) is 3.16. The lowest BCUT2D eigenvalue weighted by Gasteiger charge is -2.09. The SMILES string of the molecule is CC1=C/C(=N\NC(=O)c2cc(-c3ccc(F)cc3)nc3ccccc23)CC1. The van der Waals surface area contributed by atoms with E-state index < -0.39 is 0 Å². The second-order valence-corrected chi connectivity index (χ2v) is 6.61. The van der Waals surface area contributed by atoms with Gasteiger partial charge in [0, 0.05) is 10.9 Å². The van der Waals surface area contributed by atoms with E-state index in [2.05, 4.69) is 22.4 Å². The van der Waals surface area contributed by atoms with Crippen LogP contribution in [0.5, 0.6) is 0 Å². The number of para-hydroxylation sites is 1. The van der Waals surface area contributed by atoms with Crippen molar-refractivity contribution in [3.05, 3.63) is 77.6 Å². The van der Waals surface area contributed by atoms with E-state index >= 15 is 0 Å². The molecule has 134 valence electrons. The number of benzene rings is 2. The summed E-state index contributed by atoms with van der Waals surface area (Å²) in [6.07, 6.45) is 3.81. The van der Waals surface area contributed by atoms with Gasteiger partial charge in [-0.25, -0.2) is 14.8 Å². The summed E-state index contributed by atoms with van der Waals surface area (Å²) in [5.74, 6) is -0.601. The summed E-state index contributed by atoms with van der Waals surface area (Å²) in [6.45, 7) is 2.05. The molecule has 0 radical (unpaired) electrons. The number of hydrazone groups is 1. The van der Waals surface area contributed by atoms with Crippen LogP contribution in [0.4, 0.5) is 4.39 Å². The molecule has 5 heteroatoms. The molecule has 1 amide bonds. The smallest absolute Gasteiger partial charge is 0.267 e. The van der Waals surface area contributed by atoms with Gasteiger partial charge >= 0.3 is 0 Å². The van der Waals surface area contributed by atoms with Crippen molar-refractivity contribution in [2.75, 3.05) is 0 Å². The van der Waals surface area contributed by atoms with Crippen LogP contribution in [0.1, 0.15) is 30.1 Å². The summed E-state index contributed by atoms with van der Waals surface area (Å²) in [6, 6.07) is 15.2. The van der Waals surface area contributed by atoms with Gasteiger partial charge in [-0.15, -0.1) is 0 Å². The molecule has 1 aromatic heterocycles. The normalized spacial score (nSPS) is 15.2. The molecule has 0 unspecified atom stereocenters. The van der Waals surface area contributed by atoms with E-state index in [-0.39, 0.29) is 11.7 Å². The third kappa shape index (κ3) is 3.62. The van der Waals surface area contributed by atoms with Gasteiger partial charge in [0.2, 0.25) is 0 Å². The zero-order chi connectivity index (χ0) is 18.8. The number of pyridine rings is 1. The van der Waals surface area contributed by atoms with Gasteiger partial charge < -0.3 is 0 Å². The molecule has 4 nitrogen and oxygen atoms in total. The lowest BCUT2D eigenvalue weighted by atomic mass is 10.0. The minimum Gasteiger partial charge on any atom is -0.267 e. The first-order valence-corrected chi connectivity index (χ1v) is 8.80. The average Bonchev–Trinajstić information content (AvgIpc) is 3.11. The molecule has 0 saturated carbocycles. The van der Waals surface area contributed by atoms with Crippen LogP contribution in [0.25, 0.3) is 22.2 Å². The Morgan fingerprint density at radius 3 is 2.63 bits per heavy atom. The highest BCUT2D eigenvalue weighted by Crippen LogP contribution is 2.25. The van der Waals surface area contributed by atoms with Crippen molar-refractivity contribution < 1.29 is 9.18 Å². The van der Waals surface area contributed by atoms with Crippen LogP contribution in [0, 0.1) is 5.82 Å². The summed E-state index contributed by atoms with van der Waals surface area (Å²) in [5, 5.41) is 4.99. The number of halogens is 1. The predicted molar refractivity (Wildman–Crippen MR) is 105 cm³/mol. The molecular formula is C22H18FN3O. The Labute approximate surface area is 156 Å². The number of rotatable bonds is 3. The van der Waals surface area contributed by atoms with E-state index in [0.29, 0.717) is 16.8 Å². The van der Waals surface area contributed by atoms with E-state index in [1.54, 1.807) is 18.2 Å². The van der Waals surface area contributed by atoms with Crippen molar-refractivity contribution in [1.82, 2.24) is 10.4 Å². The number of carbonyl (C=O) groups excluding carboxylic acids is 1. The summed E-state index contributed by atoms with van der Waals surface area (Å²) in [5.41, 5.74) is 7.34. The van der Waals surface area contributed by atoms with Crippen molar-refractivity contribution in [3.63, 3.8) is 0 Å². The third-order valence-electron chi connectivity index (χ3n) is 4.59. The molecule has 1 aliphatic carbocycles. The molecule has 0 saturated heterocycles. The Morgan fingerprint density at radius 2 is 1.89 bits per heavy atom. The van der Waals surface area contributed by atoms with Gasteiger partial charge in [0.1, 0.15) is 5.82 Å². The maximum absolute atomic E-state index is 13.2. The fraction of sp³-hybridized carbons (Fsp3) is 0.136. The molecule has 1 N–H and O–H groups in total. The predicted octanol–water partition coefficient (Wildman–Crippen LogP) is 4.87. The van der Waals surface area contributed by atoms with Crippen LogP contribution in [0.3, 0.4) is 0 Å². The summed E-state index contributed by atoms with van der Waals surface area (Å²) in [4.78, 5) is 17.4. The van der Waals surface area contributed by atoms with Gasteiger partial charge in [-0.3, -0.25) is 4.79 Å². The van der Waals surface area contributed by atoms with Crippen molar-refractivity contribution in [3.8, 4) is 11.3 Å². The van der Waals surface area contributed by atoms with Crippen LogP contribution in [0.2, 0.25) is 0 Å². The largest absolute Gasteiger partial charge is 0.272 e. The van der Waals surface area contributed by atoms with Crippen molar-refractivity contribution in [2.24, 2.45) is 5.10 Å². The van der Waals surface area contributed by atoms with Gasteiger partial charge in [0.25, 0.3) is 5.91 Å². The molecule has 0 aliphatic heterocycles. The maximum atomic E-state index is 13.2. The number of hydrogen-bond donors (Lipinski definition) is 1. The number of allylic oxidation sites excluding steroid dienone is 2. The highest BCUT2D eigenvalue weighted by Gasteiger charge is 2.14. The standard InChI is InChI=1S/C22H18FN3O/c1-14-6-11-17(12-14)25-26-22(27)19-13-21(15-7-9-16(23)10-8-15)24-20-5-3-2-4-18(19)20/h2-5,7-10,12-13H,6,11H2,1H3,(H,26,27)/b25-17-. The van der Waals surface area contributed by atoms with Crippen LogP contribution in [-0.4, -0.2) is 16.6 Å². The first-order chi connectivity index (χ1) is 13.1. The van der Waals surface area contributed by atoms with Crippen molar-refractivity contribution >= 4 is 22.5 Å². The van der Waals surface area contributed by atoms with Crippen LogP contribution >= 0.6 is 0 Å². The Balaban J connectivity index is 1.74. The lowest BCUT2D eigenvalue weighted by molar-refractivity contribution is 0.0956. The molecule has 0 atom stereocenters. The Morgan fingerprint density at radius 1 is 1.11 bits per heavy atom. The van der Waals surface area contributed by atoms with E-state index in [0.717, 1.165) is 29.5 Å². The molecular weight excluding hydrogens is 341 g/mol. The van der Waals surface area contributed by atoms with Crippen molar-refractivity contribution in [2.45, 2.75) is 19.8 Å². The number of fused-ring (bicyclic) bond motifs is 1. The summed E-state index contributed by atoms with van der Waals surface area (Å²) in [7, 11) is 0. The molecule has 0 bridgehead atoms. The van der Waals surface area contributed by atoms with E-state index in [1.807, 2.05) is 30.3 Å². The average molecular weight is 359 g/mol. The third-order valence-corrected chi connectivity index (χ3v) is 4.59. The van der Waals surface area contributed by atoms with Gasteiger partial charge in [0.05, 0.1) is 22.5 Å². The fourth-order valence-electron chi connectivity index (χ4n) is 3.16. The number of carbonyl (C=O) groups is 1. The molecule has 2 aromatic carbocycles. The number of amides is 1. The first-order valence-electron chi connectivity index (χ1n) is 8.80. The highest BCUT2D eigenvalue weighted by molar-refractivity contribution is 6.08. The number of hydrogen-bond acceptors (Lipinski definition) is 3. The maximum Gasteiger partial charge on any atom is 0.272 e. The molecule has 27 heavy (non-hydrogen) atoms. The monoisotopic (exact) mass is 359 g/mol. The summed E-state index contributed by atoms with van der Waals surface area (Å²) < 4.78 is 13.2. The van der Waals surface area contributed by atoms with Gasteiger partial charge in [-0.05, 0) is 62.2 Å². The number of nitrogens with one attached hydrogen (secondary N) is 1. The molecule has 0 spiro atoms. The first kappa shape index (κ1) is 17.1. The van der Waals surface area contributed by atoms with E-state index in [9.17, 15) is 9.18 Å². The van der Waals surface area contributed by atoms with E-state index in [1.165, 1.54) is 17.7 Å². The molecule has 4 rings (SSSR count). The Hall–Kier alpha value is -3.34. The molecule has 0 fully saturated rings. The number of aromatic nitrogens is 1. The molecule has 3 aromatic rings. The minimum absolute atomic E-state index is 0.289. The zero-order valence-corrected chi connectivity index (χ0v) is 14.9. The second-order valence-electron chi connectivity index (χ2n) is 6.61.